The van der Waals surface area contributed by atoms with E-state index in [0.717, 1.165) is 25.7 Å². The molecule has 0 bridgehead atoms. The molecule has 2 aliphatic carbocycles. The van der Waals surface area contributed by atoms with Crippen LogP contribution in [0.4, 0.5) is 51.2 Å². The van der Waals surface area contributed by atoms with Gasteiger partial charge < -0.3 is 14.7 Å². The fraction of sp³-hybridized carbons (Fsp3) is 0.365. The Hall–Kier alpha value is -7.62. The Morgan fingerprint density at radius 3 is 0.750 bits per heavy atom. The Morgan fingerprint density at radius 2 is 0.511 bits per heavy atom. The van der Waals surface area contributed by atoms with Crippen molar-refractivity contribution >= 4 is 51.2 Å². The molecule has 0 N–H and O–H groups in total. The summed E-state index contributed by atoms with van der Waals surface area (Å²) in [7, 11) is 0. The zero-order valence-electron chi connectivity index (χ0n) is 54.9. The zero-order chi connectivity index (χ0) is 61.3. The summed E-state index contributed by atoms with van der Waals surface area (Å²) in [5, 5.41) is 0. The molecule has 3 nitrogen and oxygen atoms in total. The zero-order valence-corrected chi connectivity index (χ0v) is 54.9. The summed E-state index contributed by atoms with van der Waals surface area (Å²) in [6, 6.07) is 85.1. The van der Waals surface area contributed by atoms with E-state index in [4.69, 9.17) is 0 Å². The Labute approximate surface area is 530 Å². The van der Waals surface area contributed by atoms with Crippen molar-refractivity contribution in [1.29, 1.82) is 0 Å². The summed E-state index contributed by atoms with van der Waals surface area (Å²) >= 11 is 0. The molecule has 0 amide bonds. The lowest BCUT2D eigenvalue weighted by Gasteiger charge is -2.54. The summed E-state index contributed by atoms with van der Waals surface area (Å²) in [5.74, 6) is 0. The van der Waals surface area contributed by atoms with Crippen molar-refractivity contribution in [3.8, 4) is 0 Å². The van der Waals surface area contributed by atoms with Gasteiger partial charge in [0.15, 0.2) is 0 Å². The number of hydrogen-bond acceptors (Lipinski definition) is 3. The Balaban J connectivity index is 0.959. The highest BCUT2D eigenvalue weighted by molar-refractivity contribution is 5.80. The van der Waals surface area contributed by atoms with Gasteiger partial charge >= 0.3 is 0 Å². The predicted molar refractivity (Wildman–Crippen MR) is 380 cm³/mol. The maximum Gasteiger partial charge on any atom is 0.0461 e. The number of benzene rings is 9. The molecule has 0 aliphatic heterocycles. The monoisotopic (exact) mass is 1160 g/mol. The van der Waals surface area contributed by atoms with E-state index in [9.17, 15) is 0 Å². The van der Waals surface area contributed by atoms with Crippen LogP contribution in [0.25, 0.3) is 0 Å². The molecule has 0 radical (unpaired) electrons. The second-order valence-corrected chi connectivity index (χ2v) is 26.7. The maximum atomic E-state index is 2.56. The van der Waals surface area contributed by atoms with Gasteiger partial charge in [0.1, 0.15) is 0 Å². The van der Waals surface area contributed by atoms with E-state index in [0.29, 0.717) is 0 Å². The summed E-state index contributed by atoms with van der Waals surface area (Å²) in [4.78, 5) is 7.38. The van der Waals surface area contributed by atoms with Crippen LogP contribution in [0.5, 0.6) is 0 Å². The molecule has 9 aromatic carbocycles. The van der Waals surface area contributed by atoms with Crippen LogP contribution in [-0.2, 0) is 21.7 Å². The van der Waals surface area contributed by atoms with E-state index in [1.54, 1.807) is 0 Å². The molecular formula is C85H99N3. The third kappa shape index (κ3) is 12.2. The largest absolute Gasteiger partial charge is 0.311 e. The van der Waals surface area contributed by atoms with Crippen molar-refractivity contribution < 1.29 is 0 Å². The highest BCUT2D eigenvalue weighted by Gasteiger charge is 2.53. The first-order valence-corrected chi connectivity index (χ1v) is 34.1. The highest BCUT2D eigenvalue weighted by atomic mass is 15.2. The van der Waals surface area contributed by atoms with Crippen molar-refractivity contribution in [2.75, 3.05) is 14.7 Å². The number of rotatable bonds is 23. The predicted octanol–water partition coefficient (Wildman–Crippen LogP) is 25.1. The molecule has 2 saturated carbocycles. The number of hydrogen-bond donors (Lipinski definition) is 0. The van der Waals surface area contributed by atoms with Crippen LogP contribution in [0, 0.1) is 34.6 Å². The van der Waals surface area contributed by atoms with E-state index in [-0.39, 0.29) is 21.7 Å². The van der Waals surface area contributed by atoms with Crippen molar-refractivity contribution in [1.82, 2.24) is 0 Å². The topological polar surface area (TPSA) is 9.72 Å². The fourth-order valence-electron chi connectivity index (χ4n) is 16.8. The van der Waals surface area contributed by atoms with E-state index in [2.05, 4.69) is 295 Å². The van der Waals surface area contributed by atoms with Crippen molar-refractivity contribution in [3.05, 3.63) is 268 Å². The molecule has 2 atom stereocenters. The summed E-state index contributed by atoms with van der Waals surface area (Å²) < 4.78 is 0. The van der Waals surface area contributed by atoms with Crippen LogP contribution in [-0.4, -0.2) is 0 Å². The number of unbranched alkanes of at least 4 members (excludes halogenated alkanes) is 2. The Kier molecular flexibility index (Phi) is 19.3. The molecule has 88 heavy (non-hydrogen) atoms. The average molecular weight is 1160 g/mol. The summed E-state index contributed by atoms with van der Waals surface area (Å²) in [6.07, 6.45) is 21.8. The second kappa shape index (κ2) is 27.4. The van der Waals surface area contributed by atoms with Gasteiger partial charge in [-0.2, -0.15) is 0 Å². The molecule has 454 valence electrons. The third-order valence-electron chi connectivity index (χ3n) is 21.5. The maximum absolute atomic E-state index is 2.56. The van der Waals surface area contributed by atoms with E-state index >= 15 is 0 Å². The third-order valence-corrected chi connectivity index (χ3v) is 21.5. The molecule has 0 aromatic heterocycles. The van der Waals surface area contributed by atoms with Crippen molar-refractivity contribution in [2.45, 2.75) is 200 Å². The molecule has 0 spiro atoms. The molecule has 2 fully saturated rings. The smallest absolute Gasteiger partial charge is 0.0461 e. The quantitative estimate of drug-likeness (QED) is 0.0591. The second-order valence-electron chi connectivity index (χ2n) is 26.7. The van der Waals surface area contributed by atoms with Gasteiger partial charge in [-0.3, -0.25) is 0 Å². The van der Waals surface area contributed by atoms with Gasteiger partial charge in [-0.15, -0.1) is 0 Å². The van der Waals surface area contributed by atoms with Crippen LogP contribution < -0.4 is 14.7 Å². The summed E-state index contributed by atoms with van der Waals surface area (Å²) in [6.45, 7) is 20.7. The molecule has 2 unspecified atom stereocenters. The minimum Gasteiger partial charge on any atom is -0.311 e. The molecule has 11 rings (SSSR count). The van der Waals surface area contributed by atoms with Gasteiger partial charge in [-0.1, -0.05) is 229 Å². The van der Waals surface area contributed by atoms with Crippen molar-refractivity contribution in [3.63, 3.8) is 0 Å². The van der Waals surface area contributed by atoms with Gasteiger partial charge in [0, 0.05) is 72.8 Å². The Bertz CT molecular complexity index is 3530. The van der Waals surface area contributed by atoms with E-state index < -0.39 is 0 Å². The number of nitrogens with zero attached hydrogens (tertiary/aromatic N) is 3. The summed E-state index contributed by atoms with van der Waals surface area (Å²) in [5.41, 5.74) is 23.0. The van der Waals surface area contributed by atoms with Gasteiger partial charge in [-0.25, -0.2) is 0 Å². The van der Waals surface area contributed by atoms with Crippen LogP contribution in [0.1, 0.15) is 193 Å². The van der Waals surface area contributed by atoms with Gasteiger partial charge in [0.05, 0.1) is 0 Å². The SMILES string of the molecule is CCCCCC(CC)(c1ccc(N(c2ccc(C)cc2)c2ccc(C)cc2)cc1)C1(c2ccc(N(c3ccc(C)cc3)c3ccc(C(CC)(CCC)C4(c5ccc(N(c6ccc(C)cc6)c6ccc(C)cc6)cc5)CCCCC4)cc3)cc2)CCCCC1. The van der Waals surface area contributed by atoms with Gasteiger partial charge in [0.2, 0.25) is 0 Å². The van der Waals surface area contributed by atoms with Crippen molar-refractivity contribution in [2.24, 2.45) is 0 Å². The molecule has 3 heteroatoms. The molecule has 0 heterocycles. The standard InChI is InChI=1S/C85H99N3/c1-10-14-17-59-83(13-4,70-34-52-78(53-35-70)86(73-40-22-64(5)23-41-73)74-42-24-65(6)25-43-74)85(62-20-16-21-63-85)72-38-56-81(57-39-72)88(77-48-30-68(9)31-49-77)79-50-32-69(33-51-79)82(12-3,58-11-2)84(60-18-15-19-61-84)71-36-54-80(55-37-71)87(75-44-26-66(7)27-45-75)76-46-28-67(8)29-47-76/h22-57H,10-21,58-63H2,1-9H3. The lowest BCUT2D eigenvalue weighted by atomic mass is 9.49. The first kappa shape index (κ1) is 62.0. The van der Waals surface area contributed by atoms with Crippen LogP contribution in [0.3, 0.4) is 0 Å². The normalized spacial score (nSPS) is 16.1. The van der Waals surface area contributed by atoms with E-state index in [1.807, 2.05) is 0 Å². The average Bonchev–Trinajstić information content (AvgIpc) is 1.38. The van der Waals surface area contributed by atoms with E-state index in [1.165, 1.54) is 191 Å². The molecule has 9 aromatic rings. The van der Waals surface area contributed by atoms with Gasteiger partial charge in [-0.05, 0) is 217 Å². The Morgan fingerprint density at radius 1 is 0.273 bits per heavy atom. The van der Waals surface area contributed by atoms with Crippen LogP contribution in [0.15, 0.2) is 218 Å². The first-order chi connectivity index (χ1) is 42.9. The minimum absolute atomic E-state index is 0.00252. The lowest BCUT2D eigenvalue weighted by molar-refractivity contribution is 0.128. The molecule has 0 saturated heterocycles. The molecule has 2 aliphatic rings. The lowest BCUT2D eigenvalue weighted by Crippen LogP contribution is -2.50. The minimum atomic E-state index is -0.0364. The fourth-order valence-corrected chi connectivity index (χ4v) is 16.8. The van der Waals surface area contributed by atoms with Crippen LogP contribution in [0.2, 0.25) is 0 Å². The number of anilines is 9. The van der Waals surface area contributed by atoms with Crippen LogP contribution >= 0.6 is 0 Å². The highest BCUT2D eigenvalue weighted by Crippen LogP contribution is 2.60. The van der Waals surface area contributed by atoms with Gasteiger partial charge in [0.25, 0.3) is 0 Å². The first-order valence-electron chi connectivity index (χ1n) is 34.1. The number of aryl methyl sites for hydroxylation is 5. The molecular weight excluding hydrogens is 1060 g/mol.